The Morgan fingerprint density at radius 1 is 0.692 bits per heavy atom. The number of benzene rings is 6. The van der Waals surface area contributed by atoms with Gasteiger partial charge in [0.2, 0.25) is 0 Å². The summed E-state index contributed by atoms with van der Waals surface area (Å²) in [5, 5.41) is 2.43. The van der Waals surface area contributed by atoms with Crippen molar-refractivity contribution in [1.82, 2.24) is 0 Å². The minimum absolute atomic E-state index is 0.781. The Labute approximate surface area is 308 Å². The number of aryl methyl sites for hydroxylation is 3. The maximum absolute atomic E-state index is 7.47. The molecule has 0 saturated heterocycles. The van der Waals surface area contributed by atoms with Crippen LogP contribution in [0.15, 0.2) is 121 Å². The molecular formula is C49H47NO2. The van der Waals surface area contributed by atoms with Gasteiger partial charge in [0, 0.05) is 35.5 Å². The molecule has 0 spiro atoms. The van der Waals surface area contributed by atoms with Gasteiger partial charge in [-0.3, -0.25) is 0 Å². The molecule has 1 unspecified atom stereocenters. The van der Waals surface area contributed by atoms with Crippen molar-refractivity contribution in [3.8, 4) is 33.8 Å². The number of ether oxygens (including phenoxy) is 2. The normalized spacial score (nSPS) is 17.4. The van der Waals surface area contributed by atoms with Crippen LogP contribution in [0.5, 0.6) is 11.5 Å². The van der Waals surface area contributed by atoms with Crippen molar-refractivity contribution < 1.29 is 9.47 Å². The third kappa shape index (κ3) is 5.77. The molecule has 1 atom stereocenters. The molecule has 0 aromatic heterocycles. The number of rotatable bonds is 9. The molecule has 0 aliphatic carbocycles. The Balaban J connectivity index is 1.13. The second-order valence-electron chi connectivity index (χ2n) is 14.8. The van der Waals surface area contributed by atoms with Gasteiger partial charge in [0.05, 0.1) is 7.11 Å². The number of fused-ring (bicyclic) bond motifs is 3. The predicted octanol–water partition coefficient (Wildman–Crippen LogP) is 12.0. The van der Waals surface area contributed by atoms with Crippen LogP contribution < -0.4 is 14.4 Å². The van der Waals surface area contributed by atoms with Crippen LogP contribution in [0.25, 0.3) is 39.1 Å². The Kier molecular flexibility index (Phi) is 8.59. The van der Waals surface area contributed by atoms with Gasteiger partial charge in [0.25, 0.3) is 0 Å². The standard InChI is InChI=1S/C49H47NO2/c1-3-4-5-10-34-15-17-35(18-16-34)36-19-21-37(22-20-36)46-33-47-45(43-13-6-7-14-44(43)46)27-28-49(52-47,40-23-25-42(51-2)26-24-40)41-31-38-11-8-29-50-30-9-12-39(32-41)48(38)50/h6-7,13-28,31-33H,3-5,8-12,29-30H2,1-2H3. The van der Waals surface area contributed by atoms with Crippen LogP contribution in [0.3, 0.4) is 0 Å². The minimum Gasteiger partial charge on any atom is -0.497 e. The number of methoxy groups -OCH3 is 1. The topological polar surface area (TPSA) is 21.7 Å². The molecule has 3 aliphatic heterocycles. The zero-order chi connectivity index (χ0) is 35.1. The molecule has 9 rings (SSSR count). The van der Waals surface area contributed by atoms with Gasteiger partial charge < -0.3 is 14.4 Å². The summed E-state index contributed by atoms with van der Waals surface area (Å²) in [6, 6.07) is 42.6. The number of anilines is 1. The molecule has 260 valence electrons. The smallest absolute Gasteiger partial charge is 0.178 e. The highest BCUT2D eigenvalue weighted by Crippen LogP contribution is 2.49. The van der Waals surface area contributed by atoms with Crippen molar-refractivity contribution in [2.75, 3.05) is 25.1 Å². The van der Waals surface area contributed by atoms with E-state index in [1.807, 2.05) is 0 Å². The number of nitrogens with zero attached hydrogens (tertiary/aromatic N) is 1. The van der Waals surface area contributed by atoms with Gasteiger partial charge in [-0.15, -0.1) is 0 Å². The maximum atomic E-state index is 7.47. The average Bonchev–Trinajstić information content (AvgIpc) is 3.21. The van der Waals surface area contributed by atoms with E-state index in [4.69, 9.17) is 9.47 Å². The van der Waals surface area contributed by atoms with Crippen LogP contribution in [-0.4, -0.2) is 20.2 Å². The molecule has 3 aliphatic rings. The van der Waals surface area contributed by atoms with E-state index in [-0.39, 0.29) is 0 Å². The molecule has 3 heteroatoms. The van der Waals surface area contributed by atoms with Crippen molar-refractivity contribution in [1.29, 1.82) is 0 Å². The fraction of sp³-hybridized carbons (Fsp3) is 0.265. The second-order valence-corrected chi connectivity index (χ2v) is 14.8. The first-order chi connectivity index (χ1) is 25.6. The highest BCUT2D eigenvalue weighted by Gasteiger charge is 2.39. The molecule has 0 fully saturated rings. The largest absolute Gasteiger partial charge is 0.497 e. The van der Waals surface area contributed by atoms with Crippen molar-refractivity contribution >= 4 is 22.5 Å². The predicted molar refractivity (Wildman–Crippen MR) is 217 cm³/mol. The number of unbranched alkanes of at least 4 members (excludes halogenated alkanes) is 2. The molecule has 0 radical (unpaired) electrons. The van der Waals surface area contributed by atoms with E-state index in [0.29, 0.717) is 0 Å². The van der Waals surface area contributed by atoms with E-state index in [1.165, 1.54) is 93.1 Å². The SMILES string of the molecule is CCCCCc1ccc(-c2ccc(-c3cc4c(c5ccccc35)C=CC(c3ccc(OC)cc3)(c3cc5c6c(c3)CCCN6CCC5)O4)cc2)cc1. The summed E-state index contributed by atoms with van der Waals surface area (Å²) < 4.78 is 13.1. The minimum atomic E-state index is -0.781. The molecule has 6 aromatic carbocycles. The molecule has 0 amide bonds. The molecule has 52 heavy (non-hydrogen) atoms. The van der Waals surface area contributed by atoms with Crippen molar-refractivity contribution in [3.05, 3.63) is 155 Å². The van der Waals surface area contributed by atoms with Crippen LogP contribution >= 0.6 is 0 Å². The average molecular weight is 682 g/mol. The fourth-order valence-corrected chi connectivity index (χ4v) is 8.89. The van der Waals surface area contributed by atoms with Gasteiger partial charge in [-0.25, -0.2) is 0 Å². The van der Waals surface area contributed by atoms with Crippen LogP contribution in [0.2, 0.25) is 0 Å². The molecule has 0 N–H and O–H groups in total. The van der Waals surface area contributed by atoms with E-state index in [9.17, 15) is 0 Å². The van der Waals surface area contributed by atoms with Gasteiger partial charge in [-0.2, -0.15) is 0 Å². The summed E-state index contributed by atoms with van der Waals surface area (Å²) in [5.41, 5.74) is 13.3. The van der Waals surface area contributed by atoms with Gasteiger partial charge in [-0.1, -0.05) is 105 Å². The maximum Gasteiger partial charge on any atom is 0.178 e. The second kappa shape index (κ2) is 13.7. The highest BCUT2D eigenvalue weighted by atomic mass is 16.5. The molecule has 3 heterocycles. The van der Waals surface area contributed by atoms with Crippen molar-refractivity contribution in [2.45, 2.75) is 63.9 Å². The van der Waals surface area contributed by atoms with E-state index in [0.717, 1.165) is 55.0 Å². The number of hydrogen-bond acceptors (Lipinski definition) is 3. The lowest BCUT2D eigenvalue weighted by Crippen LogP contribution is -2.37. The molecule has 6 aromatic rings. The lowest BCUT2D eigenvalue weighted by atomic mass is 9.79. The summed E-state index contributed by atoms with van der Waals surface area (Å²) in [4.78, 5) is 2.61. The van der Waals surface area contributed by atoms with Gasteiger partial charge in [0.15, 0.2) is 5.60 Å². The summed E-state index contributed by atoms with van der Waals surface area (Å²) in [6.45, 7) is 4.59. The summed E-state index contributed by atoms with van der Waals surface area (Å²) >= 11 is 0. The highest BCUT2D eigenvalue weighted by molar-refractivity contribution is 6.03. The van der Waals surface area contributed by atoms with E-state index >= 15 is 0 Å². The molecular weight excluding hydrogens is 635 g/mol. The molecule has 3 nitrogen and oxygen atoms in total. The zero-order valence-electron chi connectivity index (χ0n) is 30.5. The van der Waals surface area contributed by atoms with E-state index < -0.39 is 5.60 Å². The molecule has 0 bridgehead atoms. The summed E-state index contributed by atoms with van der Waals surface area (Å²) in [7, 11) is 1.72. The van der Waals surface area contributed by atoms with Crippen LogP contribution in [0.4, 0.5) is 5.69 Å². The Bertz CT molecular complexity index is 2230. The quantitative estimate of drug-likeness (QED) is 0.142. The summed E-state index contributed by atoms with van der Waals surface area (Å²) in [6.07, 6.45) is 14.2. The van der Waals surface area contributed by atoms with E-state index in [1.54, 1.807) is 7.11 Å². The fourth-order valence-electron chi connectivity index (χ4n) is 8.89. The third-order valence-corrected chi connectivity index (χ3v) is 11.6. The Morgan fingerprint density at radius 3 is 2.02 bits per heavy atom. The molecule has 0 saturated carbocycles. The first kappa shape index (κ1) is 32.6. The van der Waals surface area contributed by atoms with Gasteiger partial charge >= 0.3 is 0 Å². The van der Waals surface area contributed by atoms with Gasteiger partial charge in [-0.05, 0) is 131 Å². The number of hydrogen-bond donors (Lipinski definition) is 0. The lowest BCUT2D eigenvalue weighted by molar-refractivity contribution is 0.161. The van der Waals surface area contributed by atoms with Gasteiger partial charge in [0.1, 0.15) is 11.5 Å². The zero-order valence-corrected chi connectivity index (χ0v) is 30.5. The lowest BCUT2D eigenvalue weighted by Gasteiger charge is -2.41. The monoisotopic (exact) mass is 681 g/mol. The van der Waals surface area contributed by atoms with Crippen LogP contribution in [0, 0.1) is 0 Å². The Morgan fingerprint density at radius 2 is 1.35 bits per heavy atom. The van der Waals surface area contributed by atoms with Crippen molar-refractivity contribution in [2.24, 2.45) is 0 Å². The third-order valence-electron chi connectivity index (χ3n) is 11.6. The van der Waals surface area contributed by atoms with Crippen LogP contribution in [-0.2, 0) is 24.9 Å². The first-order valence-corrected chi connectivity index (χ1v) is 19.3. The van der Waals surface area contributed by atoms with Crippen LogP contribution in [0.1, 0.15) is 72.4 Å². The Hall–Kier alpha value is -5.28. The summed E-state index contributed by atoms with van der Waals surface area (Å²) in [5.74, 6) is 1.75. The van der Waals surface area contributed by atoms with Crippen molar-refractivity contribution in [3.63, 3.8) is 0 Å². The van der Waals surface area contributed by atoms with E-state index in [2.05, 4.69) is 139 Å². The first-order valence-electron chi connectivity index (χ1n) is 19.3.